The van der Waals surface area contributed by atoms with Gasteiger partial charge in [-0.3, -0.25) is 9.59 Å². The van der Waals surface area contributed by atoms with Crippen molar-refractivity contribution in [3.8, 4) is 0 Å². The lowest BCUT2D eigenvalue weighted by Gasteiger charge is -2.15. The number of hydrogen-bond acceptors (Lipinski definition) is 3. The van der Waals surface area contributed by atoms with E-state index in [4.69, 9.17) is 11.6 Å². The SMILES string of the molecule is Cc1ccc(N2C(=O)C[C@@H](NCCc3c[nH]c4ccc(Cl)cc34)C2=O)cc1. The molecule has 138 valence electrons. The summed E-state index contributed by atoms with van der Waals surface area (Å²) in [6.45, 7) is 2.57. The normalized spacial score (nSPS) is 17.3. The smallest absolute Gasteiger partial charge is 0.251 e. The second-order valence-electron chi connectivity index (χ2n) is 6.87. The predicted molar refractivity (Wildman–Crippen MR) is 107 cm³/mol. The van der Waals surface area contributed by atoms with E-state index in [2.05, 4.69) is 10.3 Å². The number of hydrogen-bond donors (Lipinski definition) is 2. The highest BCUT2D eigenvalue weighted by Gasteiger charge is 2.39. The van der Waals surface area contributed by atoms with Crippen LogP contribution in [0.3, 0.4) is 0 Å². The van der Waals surface area contributed by atoms with Crippen molar-refractivity contribution in [2.45, 2.75) is 25.8 Å². The lowest BCUT2D eigenvalue weighted by atomic mass is 10.1. The summed E-state index contributed by atoms with van der Waals surface area (Å²) < 4.78 is 0. The summed E-state index contributed by atoms with van der Waals surface area (Å²) in [5, 5.41) is 5.01. The zero-order chi connectivity index (χ0) is 19.0. The number of amides is 2. The van der Waals surface area contributed by atoms with Gasteiger partial charge in [0.1, 0.15) is 0 Å². The zero-order valence-electron chi connectivity index (χ0n) is 15.0. The molecule has 2 heterocycles. The lowest BCUT2D eigenvalue weighted by molar-refractivity contribution is -0.121. The van der Waals surface area contributed by atoms with Crippen LogP contribution in [0.15, 0.2) is 48.7 Å². The fraction of sp³-hybridized carbons (Fsp3) is 0.238. The van der Waals surface area contributed by atoms with Crippen LogP contribution in [0.2, 0.25) is 5.02 Å². The van der Waals surface area contributed by atoms with Gasteiger partial charge in [0.15, 0.2) is 0 Å². The Bertz CT molecular complexity index is 1010. The first kappa shape index (κ1) is 17.8. The number of anilines is 1. The number of carbonyl (C=O) groups is 2. The van der Waals surface area contributed by atoms with Gasteiger partial charge in [-0.25, -0.2) is 4.90 Å². The summed E-state index contributed by atoms with van der Waals surface area (Å²) >= 11 is 6.09. The molecule has 5 nitrogen and oxygen atoms in total. The Labute approximate surface area is 162 Å². The number of rotatable bonds is 5. The number of carbonyl (C=O) groups excluding carboxylic acids is 2. The molecule has 1 aliphatic heterocycles. The maximum Gasteiger partial charge on any atom is 0.251 e. The molecule has 1 aliphatic rings. The zero-order valence-corrected chi connectivity index (χ0v) is 15.7. The molecule has 2 aromatic carbocycles. The van der Waals surface area contributed by atoms with Crippen LogP contribution in [0, 0.1) is 6.92 Å². The van der Waals surface area contributed by atoms with Crippen molar-refractivity contribution in [1.29, 1.82) is 0 Å². The number of H-pyrrole nitrogens is 1. The van der Waals surface area contributed by atoms with Crippen LogP contribution in [-0.4, -0.2) is 29.4 Å². The number of halogens is 1. The topological polar surface area (TPSA) is 65.2 Å². The molecule has 1 aromatic heterocycles. The van der Waals surface area contributed by atoms with Gasteiger partial charge in [-0.05, 0) is 49.2 Å². The van der Waals surface area contributed by atoms with Crippen LogP contribution >= 0.6 is 11.6 Å². The van der Waals surface area contributed by atoms with Gasteiger partial charge in [0.25, 0.3) is 5.91 Å². The molecule has 0 spiro atoms. The summed E-state index contributed by atoms with van der Waals surface area (Å²) in [5.74, 6) is -0.356. The minimum atomic E-state index is -0.479. The molecule has 0 bridgehead atoms. The quantitative estimate of drug-likeness (QED) is 0.664. The maximum atomic E-state index is 12.7. The largest absolute Gasteiger partial charge is 0.361 e. The van der Waals surface area contributed by atoms with E-state index < -0.39 is 6.04 Å². The summed E-state index contributed by atoms with van der Waals surface area (Å²) in [6, 6.07) is 12.7. The molecule has 0 aliphatic carbocycles. The third kappa shape index (κ3) is 3.48. The molecule has 1 saturated heterocycles. The highest BCUT2D eigenvalue weighted by atomic mass is 35.5. The molecule has 0 saturated carbocycles. The Morgan fingerprint density at radius 3 is 2.74 bits per heavy atom. The Hall–Kier alpha value is -2.63. The van der Waals surface area contributed by atoms with Gasteiger partial charge < -0.3 is 10.3 Å². The van der Waals surface area contributed by atoms with Crippen LogP contribution in [0.4, 0.5) is 5.69 Å². The monoisotopic (exact) mass is 381 g/mol. The highest BCUT2D eigenvalue weighted by Crippen LogP contribution is 2.24. The van der Waals surface area contributed by atoms with Gasteiger partial charge in [-0.2, -0.15) is 0 Å². The molecule has 3 aromatic rings. The number of aromatic nitrogens is 1. The van der Waals surface area contributed by atoms with Crippen LogP contribution < -0.4 is 10.2 Å². The molecule has 0 unspecified atom stereocenters. The fourth-order valence-electron chi connectivity index (χ4n) is 3.50. The van der Waals surface area contributed by atoms with Gasteiger partial charge in [0.05, 0.1) is 18.2 Å². The minimum absolute atomic E-state index is 0.166. The van der Waals surface area contributed by atoms with Gasteiger partial charge in [-0.1, -0.05) is 29.3 Å². The average Bonchev–Trinajstić information content (AvgIpc) is 3.17. The first-order valence-electron chi connectivity index (χ1n) is 8.95. The van der Waals surface area contributed by atoms with E-state index in [1.54, 1.807) is 0 Å². The summed E-state index contributed by atoms with van der Waals surface area (Å²) in [4.78, 5) is 29.5. The van der Waals surface area contributed by atoms with Crippen molar-refractivity contribution in [3.05, 3.63) is 64.8 Å². The molecule has 2 amide bonds. The van der Waals surface area contributed by atoms with Crippen LogP contribution in [0.5, 0.6) is 0 Å². The molecule has 1 atom stereocenters. The summed E-state index contributed by atoms with van der Waals surface area (Å²) in [6.07, 6.45) is 2.89. The molecular weight excluding hydrogens is 362 g/mol. The highest BCUT2D eigenvalue weighted by molar-refractivity contribution is 6.31. The van der Waals surface area contributed by atoms with Gasteiger partial charge >= 0.3 is 0 Å². The summed E-state index contributed by atoms with van der Waals surface area (Å²) in [5.41, 5.74) is 3.89. The van der Waals surface area contributed by atoms with Crippen LogP contribution in [0.25, 0.3) is 10.9 Å². The standard InChI is InChI=1S/C21H20ClN3O2/c1-13-2-5-16(6-3-13)25-20(26)11-19(21(25)27)23-9-8-14-12-24-18-7-4-15(22)10-17(14)18/h2-7,10,12,19,23-24H,8-9,11H2,1H3/t19-/m1/s1. The van der Waals surface area contributed by atoms with E-state index in [9.17, 15) is 9.59 Å². The third-order valence-corrected chi connectivity index (χ3v) is 5.19. The van der Waals surface area contributed by atoms with Gasteiger partial charge in [0.2, 0.25) is 5.91 Å². The number of aromatic amines is 1. The number of imide groups is 1. The Kier molecular flexibility index (Phi) is 4.72. The maximum absolute atomic E-state index is 12.7. The summed E-state index contributed by atoms with van der Waals surface area (Å²) in [7, 11) is 0. The fourth-order valence-corrected chi connectivity index (χ4v) is 3.67. The Morgan fingerprint density at radius 1 is 1.19 bits per heavy atom. The Morgan fingerprint density at radius 2 is 1.96 bits per heavy atom. The minimum Gasteiger partial charge on any atom is -0.361 e. The molecule has 0 radical (unpaired) electrons. The van der Waals surface area contributed by atoms with E-state index in [1.807, 2.05) is 55.6 Å². The second-order valence-corrected chi connectivity index (χ2v) is 7.30. The van der Waals surface area contributed by atoms with E-state index in [1.165, 1.54) is 4.90 Å². The van der Waals surface area contributed by atoms with E-state index in [0.717, 1.165) is 28.5 Å². The first-order chi connectivity index (χ1) is 13.0. The number of fused-ring (bicyclic) bond motifs is 1. The predicted octanol–water partition coefficient (Wildman–Crippen LogP) is 3.59. The van der Waals surface area contributed by atoms with Gasteiger partial charge in [-0.15, -0.1) is 0 Å². The molecule has 6 heteroatoms. The van der Waals surface area contributed by atoms with Crippen LogP contribution in [-0.2, 0) is 16.0 Å². The first-order valence-corrected chi connectivity index (χ1v) is 9.33. The van der Waals surface area contributed by atoms with E-state index in [0.29, 0.717) is 17.3 Å². The van der Waals surface area contributed by atoms with Gasteiger partial charge in [0, 0.05) is 28.7 Å². The van der Waals surface area contributed by atoms with Crippen molar-refractivity contribution >= 4 is 40.0 Å². The number of aryl methyl sites for hydroxylation is 1. The number of nitrogens with one attached hydrogen (secondary N) is 2. The van der Waals surface area contributed by atoms with E-state index >= 15 is 0 Å². The lowest BCUT2D eigenvalue weighted by Crippen LogP contribution is -2.39. The van der Waals surface area contributed by atoms with Crippen molar-refractivity contribution in [3.63, 3.8) is 0 Å². The molecular formula is C21H20ClN3O2. The second kappa shape index (κ2) is 7.18. The van der Waals surface area contributed by atoms with Crippen molar-refractivity contribution in [1.82, 2.24) is 10.3 Å². The van der Waals surface area contributed by atoms with Crippen molar-refractivity contribution < 1.29 is 9.59 Å². The number of benzene rings is 2. The molecule has 27 heavy (non-hydrogen) atoms. The van der Waals surface area contributed by atoms with E-state index in [-0.39, 0.29) is 18.2 Å². The average molecular weight is 382 g/mol. The molecule has 4 rings (SSSR count). The van der Waals surface area contributed by atoms with Crippen molar-refractivity contribution in [2.75, 3.05) is 11.4 Å². The third-order valence-electron chi connectivity index (χ3n) is 4.95. The molecule has 1 fully saturated rings. The van der Waals surface area contributed by atoms with Crippen molar-refractivity contribution in [2.24, 2.45) is 0 Å². The van der Waals surface area contributed by atoms with Crippen LogP contribution in [0.1, 0.15) is 17.5 Å². The Balaban J connectivity index is 1.41. The number of nitrogens with zero attached hydrogens (tertiary/aromatic N) is 1. The molecule has 2 N–H and O–H groups in total.